The topological polar surface area (TPSA) is 68.0 Å². The van der Waals surface area contributed by atoms with Crippen LogP contribution in [0.4, 0.5) is 13.2 Å². The summed E-state index contributed by atoms with van der Waals surface area (Å²) in [6.45, 7) is 2.38. The lowest BCUT2D eigenvalue weighted by atomic mass is 10.1. The van der Waals surface area contributed by atoms with Crippen LogP contribution in [-0.4, -0.2) is 22.4 Å². The van der Waals surface area contributed by atoms with Gasteiger partial charge >= 0.3 is 6.18 Å². The van der Waals surface area contributed by atoms with Gasteiger partial charge in [0.25, 0.3) is 5.91 Å². The average molecular weight is 375 g/mol. The highest BCUT2D eigenvalue weighted by Gasteiger charge is 2.30. The molecule has 0 radical (unpaired) electrons. The van der Waals surface area contributed by atoms with E-state index in [1.165, 1.54) is 18.3 Å². The summed E-state index contributed by atoms with van der Waals surface area (Å²) >= 11 is 0. The minimum absolute atomic E-state index is 0.0595. The Balaban J connectivity index is 2.02. The predicted molar refractivity (Wildman–Crippen MR) is 92.8 cm³/mol. The number of alkyl halides is 3. The third-order valence-electron chi connectivity index (χ3n) is 3.76. The zero-order valence-electron chi connectivity index (χ0n) is 14.4. The first-order valence-electron chi connectivity index (χ1n) is 8.27. The Kier molecular flexibility index (Phi) is 5.25. The first-order chi connectivity index (χ1) is 12.9. The van der Waals surface area contributed by atoms with Crippen molar-refractivity contribution in [2.45, 2.75) is 19.5 Å². The molecule has 0 fully saturated rings. The van der Waals surface area contributed by atoms with Crippen LogP contribution in [0.25, 0.3) is 22.8 Å². The zero-order chi connectivity index (χ0) is 19.4. The number of pyridine rings is 1. The van der Waals surface area contributed by atoms with Gasteiger partial charge < -0.3 is 9.73 Å². The van der Waals surface area contributed by atoms with Crippen LogP contribution >= 0.6 is 0 Å². The minimum Gasteiger partial charge on any atom is -0.435 e. The fraction of sp³-hybridized carbons (Fsp3) is 0.211. The molecule has 0 aliphatic rings. The number of amides is 1. The van der Waals surface area contributed by atoms with Gasteiger partial charge in [-0.05, 0) is 42.8 Å². The van der Waals surface area contributed by atoms with E-state index in [0.717, 1.165) is 18.6 Å². The Morgan fingerprint density at radius 1 is 1.15 bits per heavy atom. The van der Waals surface area contributed by atoms with E-state index in [2.05, 4.69) is 15.3 Å². The summed E-state index contributed by atoms with van der Waals surface area (Å²) in [6.07, 6.45) is -0.583. The van der Waals surface area contributed by atoms with E-state index >= 15 is 0 Å². The summed E-state index contributed by atoms with van der Waals surface area (Å²) in [4.78, 5) is 20.6. The monoisotopic (exact) mass is 375 g/mol. The molecule has 1 aromatic carbocycles. The summed E-state index contributed by atoms with van der Waals surface area (Å²) in [5, 5.41) is 2.72. The van der Waals surface area contributed by atoms with E-state index in [1.807, 2.05) is 6.92 Å². The van der Waals surface area contributed by atoms with Crippen LogP contribution in [0.5, 0.6) is 0 Å². The molecule has 8 heteroatoms. The molecule has 0 aliphatic carbocycles. The number of aromatic nitrogens is 2. The molecule has 3 aromatic rings. The summed E-state index contributed by atoms with van der Waals surface area (Å²) in [7, 11) is 0. The van der Waals surface area contributed by atoms with Crippen molar-refractivity contribution in [2.75, 3.05) is 6.54 Å². The van der Waals surface area contributed by atoms with Crippen LogP contribution in [0.2, 0.25) is 0 Å². The largest absolute Gasteiger partial charge is 0.435 e. The fourth-order valence-electron chi connectivity index (χ4n) is 2.41. The molecule has 27 heavy (non-hydrogen) atoms. The maximum absolute atomic E-state index is 12.7. The highest BCUT2D eigenvalue weighted by Crippen LogP contribution is 2.33. The van der Waals surface area contributed by atoms with Crippen LogP contribution in [0.15, 0.2) is 53.2 Å². The molecule has 3 rings (SSSR count). The molecule has 0 spiro atoms. The van der Waals surface area contributed by atoms with E-state index in [-0.39, 0.29) is 17.3 Å². The number of halogens is 3. The number of hydrogen-bond acceptors (Lipinski definition) is 4. The van der Waals surface area contributed by atoms with Gasteiger partial charge in [0.1, 0.15) is 0 Å². The van der Waals surface area contributed by atoms with Crippen molar-refractivity contribution >= 4 is 5.91 Å². The Bertz CT molecular complexity index is 920. The molecule has 0 saturated heterocycles. The first kappa shape index (κ1) is 18.6. The Labute approximate surface area is 153 Å². The molecular weight excluding hydrogens is 359 g/mol. The summed E-state index contributed by atoms with van der Waals surface area (Å²) in [5.41, 5.74) is 0.171. The van der Waals surface area contributed by atoms with Gasteiger partial charge in [-0.15, -0.1) is 0 Å². The predicted octanol–water partition coefficient (Wildman–Crippen LogP) is 4.56. The standard InChI is InChI=1S/C19H16F3N3O2/c1-2-9-24-17(26)15-16(13-4-3-10-23-11-13)27-18(25-15)12-5-7-14(8-6-12)19(20,21)22/h3-8,10-11H,2,9H2,1H3,(H,24,26). The minimum atomic E-state index is -4.43. The number of carbonyl (C=O) groups is 1. The number of oxazole rings is 1. The van der Waals surface area contributed by atoms with Crippen molar-refractivity contribution in [3.8, 4) is 22.8 Å². The molecule has 1 N–H and O–H groups in total. The summed E-state index contributed by atoms with van der Waals surface area (Å²) < 4.78 is 43.9. The Morgan fingerprint density at radius 2 is 1.89 bits per heavy atom. The Morgan fingerprint density at radius 3 is 2.48 bits per heavy atom. The lowest BCUT2D eigenvalue weighted by Crippen LogP contribution is -2.24. The van der Waals surface area contributed by atoms with Crippen LogP contribution in [0, 0.1) is 0 Å². The van der Waals surface area contributed by atoms with E-state index in [0.29, 0.717) is 17.7 Å². The third-order valence-corrected chi connectivity index (χ3v) is 3.76. The quantitative estimate of drug-likeness (QED) is 0.710. The van der Waals surface area contributed by atoms with Gasteiger partial charge in [0.15, 0.2) is 11.5 Å². The van der Waals surface area contributed by atoms with Crippen molar-refractivity contribution in [1.29, 1.82) is 0 Å². The van der Waals surface area contributed by atoms with Crippen LogP contribution in [0.1, 0.15) is 29.4 Å². The number of benzene rings is 1. The maximum Gasteiger partial charge on any atom is 0.416 e. The molecule has 0 saturated carbocycles. The molecule has 0 bridgehead atoms. The lowest BCUT2D eigenvalue weighted by Gasteiger charge is -2.06. The van der Waals surface area contributed by atoms with E-state index in [9.17, 15) is 18.0 Å². The normalized spacial score (nSPS) is 11.4. The van der Waals surface area contributed by atoms with Crippen molar-refractivity contribution in [2.24, 2.45) is 0 Å². The van der Waals surface area contributed by atoms with Crippen molar-refractivity contribution in [3.05, 3.63) is 60.0 Å². The summed E-state index contributed by atoms with van der Waals surface area (Å²) in [5.74, 6) is -0.145. The van der Waals surface area contributed by atoms with Gasteiger partial charge in [0.05, 0.1) is 5.56 Å². The van der Waals surface area contributed by atoms with Crippen molar-refractivity contribution in [3.63, 3.8) is 0 Å². The second-order valence-electron chi connectivity index (χ2n) is 5.77. The molecule has 140 valence electrons. The maximum atomic E-state index is 12.7. The summed E-state index contributed by atoms with van der Waals surface area (Å²) in [6, 6.07) is 7.80. The molecule has 0 atom stereocenters. The molecule has 0 aliphatic heterocycles. The second-order valence-corrected chi connectivity index (χ2v) is 5.77. The average Bonchev–Trinajstić information content (AvgIpc) is 3.12. The zero-order valence-corrected chi connectivity index (χ0v) is 14.4. The van der Waals surface area contributed by atoms with Crippen molar-refractivity contribution < 1.29 is 22.4 Å². The SMILES string of the molecule is CCCNC(=O)c1nc(-c2ccc(C(F)(F)F)cc2)oc1-c1cccnc1. The number of carbonyl (C=O) groups excluding carboxylic acids is 1. The number of hydrogen-bond donors (Lipinski definition) is 1. The van der Waals surface area contributed by atoms with Gasteiger partial charge in [0, 0.05) is 30.1 Å². The number of nitrogens with zero attached hydrogens (tertiary/aromatic N) is 2. The number of rotatable bonds is 5. The van der Waals surface area contributed by atoms with E-state index < -0.39 is 17.6 Å². The Hall–Kier alpha value is -3.16. The van der Waals surface area contributed by atoms with Crippen LogP contribution < -0.4 is 5.32 Å². The van der Waals surface area contributed by atoms with Gasteiger partial charge in [-0.2, -0.15) is 13.2 Å². The fourth-order valence-corrected chi connectivity index (χ4v) is 2.41. The molecule has 0 unspecified atom stereocenters. The molecule has 1 amide bonds. The lowest BCUT2D eigenvalue weighted by molar-refractivity contribution is -0.137. The first-order valence-corrected chi connectivity index (χ1v) is 8.27. The molecule has 2 aromatic heterocycles. The third kappa shape index (κ3) is 4.16. The van der Waals surface area contributed by atoms with Gasteiger partial charge in [-0.1, -0.05) is 6.92 Å². The second kappa shape index (κ2) is 7.61. The van der Waals surface area contributed by atoms with Gasteiger partial charge in [-0.25, -0.2) is 4.98 Å². The van der Waals surface area contributed by atoms with Gasteiger partial charge in [0.2, 0.25) is 5.89 Å². The van der Waals surface area contributed by atoms with E-state index in [4.69, 9.17) is 4.42 Å². The van der Waals surface area contributed by atoms with Gasteiger partial charge in [-0.3, -0.25) is 9.78 Å². The highest BCUT2D eigenvalue weighted by molar-refractivity contribution is 5.98. The highest BCUT2D eigenvalue weighted by atomic mass is 19.4. The van der Waals surface area contributed by atoms with Crippen LogP contribution in [0.3, 0.4) is 0 Å². The molecule has 2 heterocycles. The van der Waals surface area contributed by atoms with Crippen molar-refractivity contribution in [1.82, 2.24) is 15.3 Å². The molecule has 5 nitrogen and oxygen atoms in total. The van der Waals surface area contributed by atoms with E-state index in [1.54, 1.807) is 18.3 Å². The van der Waals surface area contributed by atoms with Crippen LogP contribution in [-0.2, 0) is 6.18 Å². The smallest absolute Gasteiger partial charge is 0.416 e. The number of nitrogens with one attached hydrogen (secondary N) is 1. The molecular formula is C19H16F3N3O2.